The monoisotopic (exact) mass is 333 g/mol. The summed E-state index contributed by atoms with van der Waals surface area (Å²) in [7, 11) is -1.04. The van der Waals surface area contributed by atoms with E-state index in [9.17, 15) is 13.2 Å². The number of hydrogen-bond donors (Lipinski definition) is 1. The van der Waals surface area contributed by atoms with Gasteiger partial charge < -0.3 is 10.5 Å². The lowest BCUT2D eigenvalue weighted by Gasteiger charge is -2.07. The number of methoxy groups -OCH3 is 1. The van der Waals surface area contributed by atoms with Crippen LogP contribution in [-0.4, -0.2) is 24.1 Å². The van der Waals surface area contributed by atoms with Gasteiger partial charge in [-0.15, -0.1) is 0 Å². The Morgan fingerprint density at radius 2 is 1.70 bits per heavy atom. The van der Waals surface area contributed by atoms with E-state index in [0.717, 1.165) is 3.97 Å². The van der Waals surface area contributed by atoms with E-state index in [2.05, 4.69) is 0 Å². The standard InChI is InChI=1S/C15H15N3O4S/c1-17-13-8-3-10(16)9-14(13)18(15(17)19)23(20,21)12-6-4-11(22-2)5-7-12/h3-9H,16H2,1-2H3. The summed E-state index contributed by atoms with van der Waals surface area (Å²) in [6.07, 6.45) is 0. The Labute approximate surface area is 132 Å². The summed E-state index contributed by atoms with van der Waals surface area (Å²) >= 11 is 0. The van der Waals surface area contributed by atoms with E-state index in [0.29, 0.717) is 17.0 Å². The molecule has 0 radical (unpaired) electrons. The molecule has 0 saturated carbocycles. The molecule has 1 heterocycles. The Hall–Kier alpha value is -2.74. The van der Waals surface area contributed by atoms with Gasteiger partial charge in [0, 0.05) is 12.7 Å². The number of aryl methyl sites for hydroxylation is 1. The molecule has 0 amide bonds. The highest BCUT2D eigenvalue weighted by atomic mass is 32.2. The lowest BCUT2D eigenvalue weighted by molar-refractivity contribution is 0.414. The molecule has 2 N–H and O–H groups in total. The molecule has 0 unspecified atom stereocenters. The van der Waals surface area contributed by atoms with Gasteiger partial charge in [0.15, 0.2) is 0 Å². The van der Waals surface area contributed by atoms with Gasteiger partial charge in [0.2, 0.25) is 0 Å². The second-order valence-electron chi connectivity index (χ2n) is 5.03. The second-order valence-corrected chi connectivity index (χ2v) is 6.82. The van der Waals surface area contributed by atoms with Gasteiger partial charge in [0.05, 0.1) is 23.0 Å². The molecule has 0 fully saturated rings. The van der Waals surface area contributed by atoms with Crippen LogP contribution < -0.4 is 16.2 Å². The number of fused-ring (bicyclic) bond motifs is 1. The average molecular weight is 333 g/mol. The SMILES string of the molecule is COc1ccc(S(=O)(=O)n2c(=O)n(C)c3ccc(N)cc32)cc1. The summed E-state index contributed by atoms with van der Waals surface area (Å²) in [6, 6.07) is 10.5. The normalized spacial score (nSPS) is 11.7. The molecule has 2 aromatic carbocycles. The molecule has 3 aromatic rings. The van der Waals surface area contributed by atoms with Crippen molar-refractivity contribution in [3.63, 3.8) is 0 Å². The van der Waals surface area contributed by atoms with Crippen LogP contribution in [-0.2, 0) is 17.1 Å². The van der Waals surface area contributed by atoms with Crippen LogP contribution in [0, 0.1) is 0 Å². The van der Waals surface area contributed by atoms with Crippen LogP contribution in [0.1, 0.15) is 0 Å². The predicted molar refractivity (Wildman–Crippen MR) is 87.2 cm³/mol. The van der Waals surface area contributed by atoms with Crippen molar-refractivity contribution in [2.24, 2.45) is 7.05 Å². The van der Waals surface area contributed by atoms with Crippen molar-refractivity contribution >= 4 is 26.7 Å². The number of imidazole rings is 1. The number of rotatable bonds is 3. The highest BCUT2D eigenvalue weighted by Crippen LogP contribution is 2.22. The zero-order valence-corrected chi connectivity index (χ0v) is 13.4. The molecule has 7 nitrogen and oxygen atoms in total. The lowest BCUT2D eigenvalue weighted by Crippen LogP contribution is -2.28. The second kappa shape index (κ2) is 5.17. The van der Waals surface area contributed by atoms with E-state index in [-0.39, 0.29) is 10.4 Å². The highest BCUT2D eigenvalue weighted by molar-refractivity contribution is 7.90. The quantitative estimate of drug-likeness (QED) is 0.726. The van der Waals surface area contributed by atoms with Gasteiger partial charge in [-0.1, -0.05) is 0 Å². The van der Waals surface area contributed by atoms with Crippen molar-refractivity contribution in [1.29, 1.82) is 0 Å². The number of nitrogens with zero attached hydrogens (tertiary/aromatic N) is 2. The third-order valence-electron chi connectivity index (χ3n) is 3.64. The largest absolute Gasteiger partial charge is 0.497 e. The van der Waals surface area contributed by atoms with E-state index in [1.165, 1.54) is 49.1 Å². The number of aromatic nitrogens is 2. The van der Waals surface area contributed by atoms with Crippen molar-refractivity contribution in [1.82, 2.24) is 8.54 Å². The Morgan fingerprint density at radius 3 is 2.30 bits per heavy atom. The van der Waals surface area contributed by atoms with Gasteiger partial charge in [-0.3, -0.25) is 4.57 Å². The zero-order chi connectivity index (χ0) is 16.8. The minimum Gasteiger partial charge on any atom is -0.497 e. The molecule has 3 rings (SSSR count). The summed E-state index contributed by atoms with van der Waals surface area (Å²) in [5.41, 5.74) is 6.19. The molecule has 1 aromatic heterocycles. The van der Waals surface area contributed by atoms with Crippen molar-refractivity contribution in [2.45, 2.75) is 4.90 Å². The number of nitrogens with two attached hydrogens (primary N) is 1. The van der Waals surface area contributed by atoms with E-state index in [1.807, 2.05) is 0 Å². The topological polar surface area (TPSA) is 96.3 Å². The van der Waals surface area contributed by atoms with Crippen LogP contribution in [0.5, 0.6) is 5.75 Å². The first kappa shape index (κ1) is 15.2. The minimum atomic E-state index is -4.04. The number of benzene rings is 2. The van der Waals surface area contributed by atoms with Crippen molar-refractivity contribution < 1.29 is 13.2 Å². The Kier molecular flexibility index (Phi) is 3.41. The van der Waals surface area contributed by atoms with E-state index >= 15 is 0 Å². The maximum absolute atomic E-state index is 12.9. The summed E-state index contributed by atoms with van der Waals surface area (Å²) in [5.74, 6) is 0.526. The highest BCUT2D eigenvalue weighted by Gasteiger charge is 2.24. The number of hydrogen-bond acceptors (Lipinski definition) is 5. The number of nitrogen functional groups attached to an aromatic ring is 1. The number of ether oxygens (including phenoxy) is 1. The van der Waals surface area contributed by atoms with Crippen LogP contribution in [0.4, 0.5) is 5.69 Å². The van der Waals surface area contributed by atoms with Gasteiger partial charge in [-0.25, -0.2) is 13.2 Å². The Bertz CT molecular complexity index is 1050. The molecule has 0 bridgehead atoms. The van der Waals surface area contributed by atoms with Crippen LogP contribution in [0.25, 0.3) is 11.0 Å². The summed E-state index contributed by atoms with van der Waals surface area (Å²) < 4.78 is 32.8. The maximum Gasteiger partial charge on any atom is 0.343 e. The summed E-state index contributed by atoms with van der Waals surface area (Å²) in [5, 5.41) is 0. The van der Waals surface area contributed by atoms with Gasteiger partial charge >= 0.3 is 5.69 Å². The molecule has 120 valence electrons. The van der Waals surface area contributed by atoms with E-state index < -0.39 is 15.7 Å². The van der Waals surface area contributed by atoms with Crippen LogP contribution in [0.2, 0.25) is 0 Å². The molecule has 0 aliphatic rings. The third-order valence-corrected chi connectivity index (χ3v) is 5.34. The first-order valence-electron chi connectivity index (χ1n) is 6.73. The lowest BCUT2D eigenvalue weighted by atomic mass is 10.3. The molecular formula is C15H15N3O4S. The van der Waals surface area contributed by atoms with Crippen molar-refractivity contribution in [3.8, 4) is 5.75 Å². The molecule has 0 aliphatic carbocycles. The first-order valence-corrected chi connectivity index (χ1v) is 8.17. The van der Waals surface area contributed by atoms with Gasteiger partial charge in [-0.05, 0) is 42.5 Å². The molecule has 8 heteroatoms. The summed E-state index contributed by atoms with van der Waals surface area (Å²) in [6.45, 7) is 0. The third kappa shape index (κ3) is 2.27. The molecule has 0 spiro atoms. The van der Waals surface area contributed by atoms with Gasteiger partial charge in [0.25, 0.3) is 10.0 Å². The van der Waals surface area contributed by atoms with Gasteiger partial charge in [0.1, 0.15) is 5.75 Å². The number of anilines is 1. The van der Waals surface area contributed by atoms with Crippen molar-refractivity contribution in [3.05, 3.63) is 52.9 Å². The Balaban J connectivity index is 2.32. The van der Waals surface area contributed by atoms with Crippen molar-refractivity contribution in [2.75, 3.05) is 12.8 Å². The van der Waals surface area contributed by atoms with E-state index in [1.54, 1.807) is 12.1 Å². The predicted octanol–water partition coefficient (Wildman–Crippen LogP) is 1.17. The minimum absolute atomic E-state index is 0.00433. The fraction of sp³-hybridized carbons (Fsp3) is 0.133. The van der Waals surface area contributed by atoms with Crippen LogP contribution in [0.3, 0.4) is 0 Å². The maximum atomic E-state index is 12.9. The molecule has 23 heavy (non-hydrogen) atoms. The fourth-order valence-electron chi connectivity index (χ4n) is 2.41. The molecule has 0 atom stereocenters. The molecule has 0 aliphatic heterocycles. The van der Waals surface area contributed by atoms with Crippen LogP contribution in [0.15, 0.2) is 52.2 Å². The molecular weight excluding hydrogens is 318 g/mol. The van der Waals surface area contributed by atoms with Crippen LogP contribution >= 0.6 is 0 Å². The first-order chi connectivity index (χ1) is 10.9. The Morgan fingerprint density at radius 1 is 1.04 bits per heavy atom. The zero-order valence-electron chi connectivity index (χ0n) is 12.6. The average Bonchev–Trinajstić information content (AvgIpc) is 2.78. The van der Waals surface area contributed by atoms with E-state index in [4.69, 9.17) is 10.5 Å². The van der Waals surface area contributed by atoms with Gasteiger partial charge in [-0.2, -0.15) is 3.97 Å². The smallest absolute Gasteiger partial charge is 0.343 e. The fourth-order valence-corrected chi connectivity index (χ4v) is 3.84. The summed E-state index contributed by atoms with van der Waals surface area (Å²) in [4.78, 5) is 12.4. The molecule has 0 saturated heterocycles.